The Morgan fingerprint density at radius 2 is 1.67 bits per heavy atom. The molecule has 0 radical (unpaired) electrons. The number of benzene rings is 2. The fourth-order valence-corrected chi connectivity index (χ4v) is 5.51. The number of hydrogen-bond donors (Lipinski definition) is 1. The normalized spacial score (nSPS) is 20.0. The Labute approximate surface area is 193 Å². The number of nitro benzene ring substituents is 1. The fraction of sp³-hybridized carbons (Fsp3) is 0.280. The molecule has 1 N–H and O–H groups in total. The Bertz CT molecular complexity index is 1170. The highest BCUT2D eigenvalue weighted by atomic mass is 32.2. The molecule has 8 heteroatoms. The molecule has 0 saturated carbocycles. The van der Waals surface area contributed by atoms with Gasteiger partial charge in [0, 0.05) is 18.1 Å². The van der Waals surface area contributed by atoms with E-state index in [1.165, 1.54) is 12.1 Å². The average molecular weight is 470 g/mol. The molecule has 3 atom stereocenters. The van der Waals surface area contributed by atoms with Crippen LogP contribution in [0.15, 0.2) is 72.8 Å². The van der Waals surface area contributed by atoms with E-state index in [0.29, 0.717) is 12.2 Å². The van der Waals surface area contributed by atoms with E-state index in [4.69, 9.17) is 4.74 Å². The number of ether oxygens (including phenoxy) is 1. The quantitative estimate of drug-likeness (QED) is 0.322. The largest absolute Gasteiger partial charge is 0.474 e. The topological polar surface area (TPSA) is 107 Å². The molecule has 2 aromatic rings. The lowest BCUT2D eigenvalue weighted by Gasteiger charge is -2.33. The molecular weight excluding hydrogens is 442 g/mol. The predicted molar refractivity (Wildman–Crippen MR) is 129 cm³/mol. The van der Waals surface area contributed by atoms with Crippen LogP contribution in [0.2, 0.25) is 0 Å². The van der Waals surface area contributed by atoms with Crippen molar-refractivity contribution in [3.63, 3.8) is 0 Å². The number of nitrogens with zero attached hydrogens (tertiary/aromatic N) is 1. The molecule has 0 aliphatic heterocycles. The number of nitro groups is 1. The number of non-ortho nitro benzene ring substituents is 1. The lowest BCUT2D eigenvalue weighted by molar-refractivity contribution is -0.384. The third-order valence-electron chi connectivity index (χ3n) is 5.63. The summed E-state index contributed by atoms with van der Waals surface area (Å²) in [4.78, 5) is 10.3. The third-order valence-corrected chi connectivity index (χ3v) is 8.41. The highest BCUT2D eigenvalue weighted by Gasteiger charge is 2.45. The van der Waals surface area contributed by atoms with Gasteiger partial charge in [0.1, 0.15) is 5.75 Å². The van der Waals surface area contributed by atoms with Gasteiger partial charge in [0.25, 0.3) is 5.69 Å². The van der Waals surface area contributed by atoms with Crippen LogP contribution < -0.4 is 4.74 Å². The first-order valence-electron chi connectivity index (χ1n) is 10.5. The SMILES string of the molecule is CC(CO)C(Oc1ccc(C=Cc2ccc([N+](=O)[O-])cc2)cc1)S(=O)(=O)C1(C)C=CC=CC1. The molecular formula is C25H27NO6S. The zero-order chi connectivity index (χ0) is 24.1. The summed E-state index contributed by atoms with van der Waals surface area (Å²) >= 11 is 0. The van der Waals surface area contributed by atoms with E-state index in [1.807, 2.05) is 24.3 Å². The van der Waals surface area contributed by atoms with Crippen molar-refractivity contribution in [3.8, 4) is 5.75 Å². The number of aliphatic hydroxyl groups is 1. The second-order valence-electron chi connectivity index (χ2n) is 8.25. The van der Waals surface area contributed by atoms with Crippen LogP contribution in [-0.2, 0) is 9.84 Å². The van der Waals surface area contributed by atoms with Crippen LogP contribution in [0.25, 0.3) is 12.2 Å². The van der Waals surface area contributed by atoms with Gasteiger partial charge in [-0.3, -0.25) is 10.1 Å². The maximum absolute atomic E-state index is 13.4. The van der Waals surface area contributed by atoms with Gasteiger partial charge in [0.05, 0.1) is 16.3 Å². The molecule has 3 rings (SSSR count). The standard InChI is InChI=1S/C25H27NO6S/c1-19(18-27)24(33(30,31)25(2)16-4-3-5-17-25)32-23-14-10-21(11-15-23)7-6-20-8-12-22(13-9-20)26(28)29/h3-16,19,24,27H,17-18H2,1-2H3. The number of rotatable bonds is 9. The molecule has 1 aliphatic rings. The van der Waals surface area contributed by atoms with Crippen LogP contribution in [-0.4, -0.2) is 35.2 Å². The first-order chi connectivity index (χ1) is 15.7. The van der Waals surface area contributed by atoms with Crippen LogP contribution in [0, 0.1) is 16.0 Å². The number of hydrogen-bond acceptors (Lipinski definition) is 6. The number of aliphatic hydroxyl groups excluding tert-OH is 1. The maximum Gasteiger partial charge on any atom is 0.269 e. The molecule has 2 aromatic carbocycles. The van der Waals surface area contributed by atoms with Crippen LogP contribution in [0.5, 0.6) is 5.75 Å². The third kappa shape index (κ3) is 5.58. The molecule has 0 saturated heterocycles. The summed E-state index contributed by atoms with van der Waals surface area (Å²) in [5.41, 5.74) is 0.489. The average Bonchev–Trinajstić information content (AvgIpc) is 2.82. The van der Waals surface area contributed by atoms with E-state index < -0.39 is 30.9 Å². The Kier molecular flexibility index (Phi) is 7.50. The fourth-order valence-electron chi connectivity index (χ4n) is 3.45. The summed E-state index contributed by atoms with van der Waals surface area (Å²) in [6.45, 7) is 2.99. The monoisotopic (exact) mass is 469 g/mol. The van der Waals surface area contributed by atoms with Crippen molar-refractivity contribution in [2.45, 2.75) is 30.5 Å². The van der Waals surface area contributed by atoms with E-state index >= 15 is 0 Å². The Morgan fingerprint density at radius 3 is 2.15 bits per heavy atom. The second-order valence-corrected chi connectivity index (χ2v) is 10.7. The van der Waals surface area contributed by atoms with E-state index in [9.17, 15) is 23.6 Å². The molecule has 0 aromatic heterocycles. The van der Waals surface area contributed by atoms with Gasteiger partial charge in [-0.25, -0.2) is 8.42 Å². The molecule has 0 heterocycles. The smallest absolute Gasteiger partial charge is 0.269 e. The van der Waals surface area contributed by atoms with E-state index in [2.05, 4.69) is 0 Å². The molecule has 0 amide bonds. The second kappa shape index (κ2) is 10.1. The molecule has 0 bridgehead atoms. The minimum absolute atomic E-state index is 0.0314. The Hall–Kier alpha value is -3.23. The van der Waals surface area contributed by atoms with Gasteiger partial charge < -0.3 is 9.84 Å². The highest BCUT2D eigenvalue weighted by Crippen LogP contribution is 2.34. The zero-order valence-corrected chi connectivity index (χ0v) is 19.3. The summed E-state index contributed by atoms with van der Waals surface area (Å²) in [6, 6.07) is 13.1. The van der Waals surface area contributed by atoms with Crippen molar-refractivity contribution >= 4 is 27.7 Å². The molecule has 0 fully saturated rings. The Morgan fingerprint density at radius 1 is 1.09 bits per heavy atom. The van der Waals surface area contributed by atoms with Crippen LogP contribution in [0.1, 0.15) is 31.4 Å². The van der Waals surface area contributed by atoms with Crippen molar-refractivity contribution < 1.29 is 23.2 Å². The van der Waals surface area contributed by atoms with Gasteiger partial charge in [-0.1, -0.05) is 55.5 Å². The zero-order valence-electron chi connectivity index (χ0n) is 18.5. The summed E-state index contributed by atoms with van der Waals surface area (Å²) in [7, 11) is -3.78. The first kappa shape index (κ1) is 24.4. The van der Waals surface area contributed by atoms with Crippen LogP contribution >= 0.6 is 0 Å². The minimum Gasteiger partial charge on any atom is -0.474 e. The summed E-state index contributed by atoms with van der Waals surface area (Å²) in [6.07, 6.45) is 11.0. The van der Waals surface area contributed by atoms with Crippen molar-refractivity contribution in [1.82, 2.24) is 0 Å². The molecule has 1 aliphatic carbocycles. The molecule has 174 valence electrons. The minimum atomic E-state index is -3.78. The number of sulfone groups is 1. The summed E-state index contributed by atoms with van der Waals surface area (Å²) in [5, 5.41) is 20.4. The Balaban J connectivity index is 1.76. The van der Waals surface area contributed by atoms with E-state index in [1.54, 1.807) is 62.4 Å². The van der Waals surface area contributed by atoms with E-state index in [0.717, 1.165) is 11.1 Å². The van der Waals surface area contributed by atoms with Gasteiger partial charge in [-0.15, -0.1) is 0 Å². The first-order valence-corrected chi connectivity index (χ1v) is 12.1. The van der Waals surface area contributed by atoms with Crippen molar-refractivity contribution in [2.75, 3.05) is 6.61 Å². The van der Waals surface area contributed by atoms with Crippen LogP contribution in [0.4, 0.5) is 5.69 Å². The highest BCUT2D eigenvalue weighted by molar-refractivity contribution is 7.93. The predicted octanol–water partition coefficient (Wildman–Crippen LogP) is 4.79. The lowest BCUT2D eigenvalue weighted by Crippen LogP contribution is -2.47. The van der Waals surface area contributed by atoms with Gasteiger partial charge in [0.2, 0.25) is 5.44 Å². The molecule has 7 nitrogen and oxygen atoms in total. The summed E-state index contributed by atoms with van der Waals surface area (Å²) < 4.78 is 31.7. The van der Waals surface area contributed by atoms with Crippen molar-refractivity contribution in [3.05, 3.63) is 94.1 Å². The van der Waals surface area contributed by atoms with Crippen molar-refractivity contribution in [2.24, 2.45) is 5.92 Å². The molecule has 33 heavy (non-hydrogen) atoms. The van der Waals surface area contributed by atoms with Gasteiger partial charge >= 0.3 is 0 Å². The van der Waals surface area contributed by atoms with Gasteiger partial charge in [0.15, 0.2) is 9.84 Å². The molecule has 0 spiro atoms. The van der Waals surface area contributed by atoms with Crippen LogP contribution in [0.3, 0.4) is 0 Å². The summed E-state index contributed by atoms with van der Waals surface area (Å²) in [5.74, 6) is -0.233. The molecule has 3 unspecified atom stereocenters. The van der Waals surface area contributed by atoms with Crippen molar-refractivity contribution in [1.29, 1.82) is 0 Å². The number of allylic oxidation sites excluding steroid dienone is 3. The lowest BCUT2D eigenvalue weighted by atomic mass is 10.0. The van der Waals surface area contributed by atoms with E-state index in [-0.39, 0.29) is 12.3 Å². The maximum atomic E-state index is 13.4. The van der Waals surface area contributed by atoms with Gasteiger partial charge in [-0.2, -0.15) is 0 Å². The van der Waals surface area contributed by atoms with Gasteiger partial charge in [-0.05, 0) is 48.7 Å².